The molecule has 16 heteroatoms. The van der Waals surface area contributed by atoms with Gasteiger partial charge in [-0.15, -0.1) is 41.3 Å². The van der Waals surface area contributed by atoms with Gasteiger partial charge in [0.15, 0.2) is 17.4 Å². The molecule has 2 atom stereocenters. The number of piperidine rings is 2. The van der Waals surface area contributed by atoms with Crippen LogP contribution in [-0.4, -0.2) is 75.1 Å². The number of furan rings is 1. The third kappa shape index (κ3) is 7.66. The lowest BCUT2D eigenvalue weighted by molar-refractivity contribution is 0.0565. The zero-order chi connectivity index (χ0) is 36.2. The van der Waals surface area contributed by atoms with Crippen molar-refractivity contribution in [3.05, 3.63) is 117 Å². The Hall–Kier alpha value is -5.64. The maximum atomic E-state index is 13.4. The first-order valence-electron chi connectivity index (χ1n) is 17.1. The standard InChI is InChI=1S/C18H18FN5O2.C18H18FN5OS/c2*1-12-8-9-16(26-12)18(25)23-10-3-2-7-15(23)17-20-22-24(21-17)14-6-4-5-13(19)11-14/h2*4-6,8-9,11,15H,2-3,7,10H2,1H3. The van der Waals surface area contributed by atoms with E-state index in [0.717, 1.165) is 48.3 Å². The molecule has 2 fully saturated rings. The smallest absolute Gasteiger partial charge is 0.290 e. The fraction of sp³-hybridized carbons (Fsp3) is 0.333. The third-order valence-corrected chi connectivity index (χ3v) is 9.95. The van der Waals surface area contributed by atoms with Crippen molar-refractivity contribution in [1.82, 2.24) is 50.2 Å². The quantitative estimate of drug-likeness (QED) is 0.185. The molecule has 2 aromatic carbocycles. The minimum Gasteiger partial charge on any atom is -0.456 e. The Bertz CT molecular complexity index is 2030. The van der Waals surface area contributed by atoms with Crippen molar-refractivity contribution < 1.29 is 22.8 Å². The highest BCUT2D eigenvalue weighted by Crippen LogP contribution is 2.32. The van der Waals surface area contributed by atoms with E-state index in [1.54, 1.807) is 48.2 Å². The molecule has 0 N–H and O–H groups in total. The van der Waals surface area contributed by atoms with Gasteiger partial charge in [0.25, 0.3) is 11.8 Å². The number of aromatic nitrogens is 8. The van der Waals surface area contributed by atoms with Gasteiger partial charge in [-0.25, -0.2) is 8.78 Å². The molecule has 268 valence electrons. The lowest BCUT2D eigenvalue weighted by Crippen LogP contribution is -2.39. The molecule has 2 amide bonds. The number of amides is 2. The van der Waals surface area contributed by atoms with Crippen molar-refractivity contribution in [3.63, 3.8) is 0 Å². The summed E-state index contributed by atoms with van der Waals surface area (Å²) in [6, 6.07) is 18.8. The number of thiophene rings is 1. The highest BCUT2D eigenvalue weighted by atomic mass is 32.1. The number of carbonyl (C=O) groups is 2. The Morgan fingerprint density at radius 1 is 0.712 bits per heavy atom. The molecule has 0 bridgehead atoms. The molecule has 4 aromatic heterocycles. The highest BCUT2D eigenvalue weighted by Gasteiger charge is 2.34. The van der Waals surface area contributed by atoms with Gasteiger partial charge in [-0.05, 0) is 111 Å². The van der Waals surface area contributed by atoms with Crippen LogP contribution in [0.1, 0.15) is 93.1 Å². The van der Waals surface area contributed by atoms with E-state index in [-0.39, 0.29) is 35.5 Å². The molecule has 2 aliphatic rings. The van der Waals surface area contributed by atoms with Gasteiger partial charge in [0.1, 0.15) is 17.4 Å². The normalized spacial score (nSPS) is 17.5. The van der Waals surface area contributed by atoms with Gasteiger partial charge in [0, 0.05) is 30.1 Å². The summed E-state index contributed by atoms with van der Waals surface area (Å²) in [5.41, 5.74) is 0.991. The average Bonchev–Trinajstić information content (AvgIpc) is 4.00. The van der Waals surface area contributed by atoms with E-state index in [1.165, 1.54) is 45.2 Å². The summed E-state index contributed by atoms with van der Waals surface area (Å²) in [7, 11) is 0. The van der Waals surface area contributed by atoms with E-state index in [9.17, 15) is 18.4 Å². The molecule has 2 unspecified atom stereocenters. The maximum absolute atomic E-state index is 13.4. The van der Waals surface area contributed by atoms with E-state index < -0.39 is 0 Å². The molecule has 2 saturated heterocycles. The summed E-state index contributed by atoms with van der Waals surface area (Å²) in [6.45, 7) is 5.07. The lowest BCUT2D eigenvalue weighted by atomic mass is 10.0. The van der Waals surface area contributed by atoms with Crippen LogP contribution in [0.5, 0.6) is 0 Å². The summed E-state index contributed by atoms with van der Waals surface area (Å²) >= 11 is 1.50. The van der Waals surface area contributed by atoms with Gasteiger partial charge in [-0.2, -0.15) is 0 Å². The summed E-state index contributed by atoms with van der Waals surface area (Å²) in [5.74, 6) is 1.05. The van der Waals surface area contributed by atoms with E-state index in [2.05, 4.69) is 30.8 Å². The lowest BCUT2D eigenvalue weighted by Gasteiger charge is -2.33. The molecule has 6 heterocycles. The van der Waals surface area contributed by atoms with E-state index >= 15 is 0 Å². The average molecular weight is 727 g/mol. The second kappa shape index (κ2) is 15.3. The topological polar surface area (TPSA) is 141 Å². The Labute approximate surface area is 301 Å². The fourth-order valence-corrected chi connectivity index (χ4v) is 7.23. The van der Waals surface area contributed by atoms with E-state index in [4.69, 9.17) is 4.42 Å². The van der Waals surface area contributed by atoms with Crippen molar-refractivity contribution >= 4 is 23.2 Å². The molecular formula is C36H36F2N10O3S. The van der Waals surface area contributed by atoms with Crippen LogP contribution in [0.4, 0.5) is 8.78 Å². The van der Waals surface area contributed by atoms with Crippen LogP contribution in [0.15, 0.2) is 77.2 Å². The molecule has 2 aliphatic heterocycles. The Balaban J connectivity index is 0.000000162. The largest absolute Gasteiger partial charge is 0.456 e. The van der Waals surface area contributed by atoms with Crippen LogP contribution in [0.25, 0.3) is 11.4 Å². The monoisotopic (exact) mass is 726 g/mol. The highest BCUT2D eigenvalue weighted by molar-refractivity contribution is 7.13. The number of aryl methyl sites for hydroxylation is 2. The second-order valence-electron chi connectivity index (χ2n) is 12.7. The van der Waals surface area contributed by atoms with Crippen molar-refractivity contribution in [3.8, 4) is 11.4 Å². The third-order valence-electron chi connectivity index (χ3n) is 8.96. The van der Waals surface area contributed by atoms with Crippen LogP contribution in [0.2, 0.25) is 0 Å². The Morgan fingerprint density at radius 2 is 1.27 bits per heavy atom. The van der Waals surface area contributed by atoms with Gasteiger partial charge < -0.3 is 14.2 Å². The second-order valence-corrected chi connectivity index (χ2v) is 14.0. The molecule has 0 aliphatic carbocycles. The predicted molar refractivity (Wildman–Crippen MR) is 186 cm³/mol. The summed E-state index contributed by atoms with van der Waals surface area (Å²) in [6.07, 6.45) is 5.41. The minimum atomic E-state index is -0.371. The van der Waals surface area contributed by atoms with Crippen LogP contribution < -0.4 is 0 Å². The van der Waals surface area contributed by atoms with Crippen LogP contribution in [0.3, 0.4) is 0 Å². The van der Waals surface area contributed by atoms with Crippen molar-refractivity contribution in [1.29, 1.82) is 0 Å². The number of hydrogen-bond acceptors (Lipinski definition) is 10. The summed E-state index contributed by atoms with van der Waals surface area (Å²) in [4.78, 5) is 33.7. The molecular weight excluding hydrogens is 691 g/mol. The number of tetrazole rings is 2. The fourth-order valence-electron chi connectivity index (χ4n) is 6.41. The minimum absolute atomic E-state index is 0.00917. The first-order chi connectivity index (χ1) is 25.2. The Kier molecular flexibility index (Phi) is 10.2. The number of likely N-dealkylation sites (tertiary alicyclic amines) is 2. The predicted octanol–water partition coefficient (Wildman–Crippen LogP) is 6.61. The molecule has 0 radical (unpaired) electrons. The van der Waals surface area contributed by atoms with E-state index in [0.29, 0.717) is 47.6 Å². The maximum Gasteiger partial charge on any atom is 0.290 e. The van der Waals surface area contributed by atoms with Crippen molar-refractivity contribution in [2.75, 3.05) is 13.1 Å². The number of carbonyl (C=O) groups excluding carboxylic acids is 2. The van der Waals surface area contributed by atoms with Gasteiger partial charge in [0.2, 0.25) is 0 Å². The van der Waals surface area contributed by atoms with Crippen molar-refractivity contribution in [2.45, 2.75) is 64.5 Å². The summed E-state index contributed by atoms with van der Waals surface area (Å²) in [5, 5.41) is 25.1. The van der Waals surface area contributed by atoms with Gasteiger partial charge in [-0.3, -0.25) is 9.59 Å². The zero-order valence-corrected chi connectivity index (χ0v) is 29.4. The number of rotatable bonds is 6. The summed E-state index contributed by atoms with van der Waals surface area (Å²) < 4.78 is 32.3. The number of hydrogen-bond donors (Lipinski definition) is 0. The SMILES string of the molecule is Cc1ccc(C(=O)N2CCCCC2c2nnn(-c3cccc(F)c3)n2)o1.Cc1ccc(C(=O)N2CCCCC2c2nnn(-c3cccc(F)c3)n2)s1. The van der Waals surface area contributed by atoms with Crippen LogP contribution >= 0.6 is 11.3 Å². The van der Waals surface area contributed by atoms with Gasteiger partial charge >= 0.3 is 0 Å². The first kappa shape index (κ1) is 34.8. The zero-order valence-electron chi connectivity index (χ0n) is 28.6. The number of halogens is 2. The van der Waals surface area contributed by atoms with Crippen molar-refractivity contribution in [2.24, 2.45) is 0 Å². The molecule has 13 nitrogen and oxygen atoms in total. The number of benzene rings is 2. The van der Waals surface area contributed by atoms with Gasteiger partial charge in [-0.1, -0.05) is 12.1 Å². The van der Waals surface area contributed by atoms with E-state index in [1.807, 2.05) is 24.0 Å². The first-order valence-corrected chi connectivity index (χ1v) is 17.9. The molecule has 0 saturated carbocycles. The van der Waals surface area contributed by atoms with Gasteiger partial charge in [0.05, 0.1) is 28.3 Å². The molecule has 0 spiro atoms. The molecule has 8 rings (SSSR count). The number of nitrogens with zero attached hydrogens (tertiary/aromatic N) is 10. The Morgan fingerprint density at radius 3 is 1.75 bits per heavy atom. The molecule has 6 aromatic rings. The van der Waals surface area contributed by atoms with Crippen LogP contribution in [-0.2, 0) is 0 Å². The van der Waals surface area contributed by atoms with Crippen LogP contribution in [0, 0.1) is 25.5 Å². The molecule has 52 heavy (non-hydrogen) atoms.